The molecule has 1 N–H and O–H groups in total. The fourth-order valence-corrected chi connectivity index (χ4v) is 7.59. The number of aromatic nitrogens is 1. The Morgan fingerprint density at radius 1 is 1.00 bits per heavy atom. The van der Waals surface area contributed by atoms with E-state index in [0.717, 1.165) is 39.9 Å². The van der Waals surface area contributed by atoms with Crippen molar-refractivity contribution in [3.05, 3.63) is 77.2 Å². The van der Waals surface area contributed by atoms with E-state index in [0.29, 0.717) is 18.8 Å². The van der Waals surface area contributed by atoms with Crippen LogP contribution in [0.1, 0.15) is 117 Å². The van der Waals surface area contributed by atoms with Gasteiger partial charge in [-0.25, -0.2) is 0 Å². The number of pyridine rings is 1. The summed E-state index contributed by atoms with van der Waals surface area (Å²) in [5.74, 6) is 0.654. The summed E-state index contributed by atoms with van der Waals surface area (Å²) >= 11 is 0. The number of hydrogen-bond donors (Lipinski definition) is 1. The van der Waals surface area contributed by atoms with Gasteiger partial charge < -0.3 is 9.84 Å². The molecule has 1 fully saturated rings. The molecule has 6 rings (SSSR count). The van der Waals surface area contributed by atoms with Crippen LogP contribution in [0.25, 0.3) is 32.8 Å². The fourth-order valence-electron chi connectivity index (χ4n) is 7.59. The Morgan fingerprint density at radius 3 is 2.25 bits per heavy atom. The Bertz CT molecular complexity index is 1880. The van der Waals surface area contributed by atoms with Crippen LogP contribution in [0.2, 0.25) is 0 Å². The molecule has 1 unspecified atom stereocenters. The fraction of sp³-hybridized carbons (Fsp3) is 0.488. The van der Waals surface area contributed by atoms with Crippen molar-refractivity contribution in [1.29, 1.82) is 0 Å². The maximum atomic E-state index is 12.4. The van der Waals surface area contributed by atoms with Crippen LogP contribution in [0, 0.1) is 23.3 Å². The number of alkyl halides is 3. The number of benzene rings is 3. The van der Waals surface area contributed by atoms with Crippen LogP contribution in [-0.4, -0.2) is 22.1 Å². The number of Topliss-reactive ketones (excluding diaryl/α,β-unsaturated/α-hetero) is 1. The molecule has 2 aliphatic rings. The summed E-state index contributed by atoms with van der Waals surface area (Å²) in [6, 6.07) is 19.0. The zero-order chi connectivity index (χ0) is 36.4. The monoisotopic (exact) mass is 879 g/mol. The number of aliphatic hydroxyl groups is 1. The second-order valence-corrected chi connectivity index (χ2v) is 15.3. The quantitative estimate of drug-likeness (QED) is 0.0910. The molecule has 51 heavy (non-hydrogen) atoms. The first kappa shape index (κ1) is 40.5. The average Bonchev–Trinajstić information content (AvgIpc) is 3.62. The summed E-state index contributed by atoms with van der Waals surface area (Å²) in [5, 5.41) is 14.6. The van der Waals surface area contributed by atoms with Gasteiger partial charge in [-0.3, -0.25) is 9.78 Å². The van der Waals surface area contributed by atoms with Crippen molar-refractivity contribution in [1.82, 2.24) is 4.98 Å². The zero-order valence-corrected chi connectivity index (χ0v) is 33.3. The first-order valence-corrected chi connectivity index (χ1v) is 18.2. The summed E-state index contributed by atoms with van der Waals surface area (Å²) in [7, 11) is 0. The molecule has 1 atom stereocenters. The maximum absolute atomic E-state index is 12.4. The van der Waals surface area contributed by atoms with Crippen LogP contribution in [0.5, 0.6) is 11.5 Å². The Kier molecular flexibility index (Phi) is 13.2. The molecule has 0 amide bonds. The van der Waals surface area contributed by atoms with Crippen molar-refractivity contribution in [3.63, 3.8) is 0 Å². The van der Waals surface area contributed by atoms with Gasteiger partial charge in [0.15, 0.2) is 5.78 Å². The molecule has 0 bridgehead atoms. The van der Waals surface area contributed by atoms with E-state index < -0.39 is 24.3 Å². The van der Waals surface area contributed by atoms with Crippen molar-refractivity contribution < 1.29 is 47.9 Å². The summed E-state index contributed by atoms with van der Waals surface area (Å²) in [5.41, 5.74) is 4.92. The van der Waals surface area contributed by atoms with Gasteiger partial charge in [0.2, 0.25) is 0 Å². The number of aliphatic hydroxyl groups excluding tert-OH is 1. The summed E-state index contributed by atoms with van der Waals surface area (Å²) < 4.78 is 43.9. The van der Waals surface area contributed by atoms with E-state index in [-0.39, 0.29) is 49.2 Å². The van der Waals surface area contributed by atoms with Gasteiger partial charge in [-0.2, -0.15) is 13.2 Å². The van der Waals surface area contributed by atoms with Crippen LogP contribution >= 0.6 is 0 Å². The number of allylic oxidation sites excluding steroid dienone is 2. The van der Waals surface area contributed by atoms with Crippen LogP contribution < -0.4 is 4.74 Å². The number of ketones is 1. The van der Waals surface area contributed by atoms with Gasteiger partial charge in [0.05, 0.1) is 12.2 Å². The van der Waals surface area contributed by atoms with Crippen molar-refractivity contribution >= 4 is 27.3 Å². The van der Waals surface area contributed by atoms with E-state index in [2.05, 4.69) is 69.3 Å². The molecule has 3 aromatic carbocycles. The van der Waals surface area contributed by atoms with Gasteiger partial charge >= 0.3 is 6.18 Å². The van der Waals surface area contributed by atoms with Crippen LogP contribution in [0.3, 0.4) is 0 Å². The molecule has 4 nitrogen and oxygen atoms in total. The van der Waals surface area contributed by atoms with Crippen molar-refractivity contribution in [2.75, 3.05) is 0 Å². The van der Waals surface area contributed by atoms with E-state index in [1.165, 1.54) is 54.5 Å². The molecule has 1 aliphatic carbocycles. The second-order valence-electron chi connectivity index (χ2n) is 15.3. The predicted octanol–water partition coefficient (Wildman–Crippen LogP) is 13.0. The third-order valence-corrected chi connectivity index (χ3v) is 10.3. The molecule has 2 heterocycles. The minimum atomic E-state index is -4.34. The van der Waals surface area contributed by atoms with Gasteiger partial charge in [-0.05, 0) is 79.9 Å². The number of carbonyl (C=O) groups excluding carboxylic acids is 1. The molecule has 8 heteroatoms. The number of rotatable bonds is 9. The van der Waals surface area contributed by atoms with Gasteiger partial charge in [0, 0.05) is 54.8 Å². The molecule has 0 saturated heterocycles. The third-order valence-electron chi connectivity index (χ3n) is 10.3. The molecule has 1 aromatic heterocycles. The smallest absolute Gasteiger partial charge is 0.389 e. The van der Waals surface area contributed by atoms with Gasteiger partial charge in [0.1, 0.15) is 11.5 Å². The second kappa shape index (κ2) is 16.6. The topological polar surface area (TPSA) is 59.4 Å². The SMILES string of the molecule is CC(C)(C)Cc1c2c([c-]c3ccccc13)-c1nccc3cc(C4CCCC4)cc(c13)O2.CCC(CC)C(=O)/C(C)=C(\O)C(CC)CC(F)(F)F.[Ir]. The Labute approximate surface area is 314 Å². The Hall–Kier alpha value is -3.22. The minimum absolute atomic E-state index is 0. The van der Waals surface area contributed by atoms with Crippen LogP contribution in [-0.2, 0) is 31.3 Å². The normalized spacial score (nSPS) is 15.4. The van der Waals surface area contributed by atoms with Gasteiger partial charge in [-0.15, -0.1) is 17.5 Å². The van der Waals surface area contributed by atoms with E-state index >= 15 is 0 Å². The average molecular weight is 879 g/mol. The van der Waals surface area contributed by atoms with Crippen molar-refractivity contribution in [2.45, 2.75) is 118 Å². The molecule has 1 aliphatic heterocycles. The van der Waals surface area contributed by atoms with Crippen molar-refractivity contribution in [2.24, 2.45) is 17.3 Å². The Balaban J connectivity index is 0.000000255. The summed E-state index contributed by atoms with van der Waals surface area (Å²) in [6.45, 7) is 13.6. The standard InChI is InChI=1S/C29H28NO.C14H23F3O2.Ir/c1-29(2,3)17-24-22-11-7-6-10-19(22)15-23-27-26-20(12-13-30-27)14-21(18-8-4-5-9-18)16-25(26)31-28(23)24;1-5-10(6-2)12(18)9(4)13(19)11(7-3)8-14(15,16)17;/h6-7,10-14,16,18H,4-5,8-9,17H2,1-3H3;10-11,19H,5-8H2,1-4H3;/q-1;;/b;13-9-;. The van der Waals surface area contributed by atoms with E-state index in [9.17, 15) is 23.1 Å². The molecule has 1 radical (unpaired) electrons. The first-order valence-electron chi connectivity index (χ1n) is 18.2. The zero-order valence-electron chi connectivity index (χ0n) is 30.9. The Morgan fingerprint density at radius 2 is 1.65 bits per heavy atom. The molecule has 0 spiro atoms. The van der Waals surface area contributed by atoms with E-state index in [1.54, 1.807) is 6.92 Å². The summed E-state index contributed by atoms with van der Waals surface area (Å²) in [6.07, 6.45) is 4.08. The number of carbonyl (C=O) groups is 1. The molecule has 1 saturated carbocycles. The molecule has 277 valence electrons. The number of fused-ring (bicyclic) bond motifs is 3. The number of halogens is 3. The van der Waals surface area contributed by atoms with E-state index in [4.69, 9.17) is 9.72 Å². The van der Waals surface area contributed by atoms with Gasteiger partial charge in [0.25, 0.3) is 0 Å². The number of ether oxygens (including phenoxy) is 1. The van der Waals surface area contributed by atoms with E-state index in [1.807, 2.05) is 20.0 Å². The molecular weight excluding hydrogens is 828 g/mol. The first-order chi connectivity index (χ1) is 23.7. The molecular formula is C43H51F3IrNO3-. The van der Waals surface area contributed by atoms with Crippen LogP contribution in [0.4, 0.5) is 13.2 Å². The largest absolute Gasteiger partial charge is 0.512 e. The minimum Gasteiger partial charge on any atom is -0.512 e. The van der Waals surface area contributed by atoms with Gasteiger partial charge in [-0.1, -0.05) is 95.2 Å². The van der Waals surface area contributed by atoms with Crippen molar-refractivity contribution in [3.8, 4) is 22.8 Å². The predicted molar refractivity (Wildman–Crippen MR) is 197 cm³/mol. The number of nitrogens with zero attached hydrogens (tertiary/aromatic N) is 1. The number of hydrogen-bond acceptors (Lipinski definition) is 4. The summed E-state index contributed by atoms with van der Waals surface area (Å²) in [4.78, 5) is 16.9. The van der Waals surface area contributed by atoms with Crippen LogP contribution in [0.15, 0.2) is 60.0 Å². The maximum Gasteiger partial charge on any atom is 0.389 e. The molecule has 4 aromatic rings. The third kappa shape index (κ3) is 9.24.